The molecule has 0 saturated carbocycles. The standard InChI is InChI=1S/C13H19NO6S/c1-8(2)20-12-5-4-10(6-9(12)3)21(18,19)14-11(7-15)13(16)17/h4-6,8,11,14-15H,7H2,1-3H3,(H,16,17). The minimum atomic E-state index is -4.03. The third kappa shape index (κ3) is 4.69. The Morgan fingerprint density at radius 3 is 2.43 bits per heavy atom. The fraction of sp³-hybridized carbons (Fsp3) is 0.462. The predicted molar refractivity (Wildman–Crippen MR) is 75.8 cm³/mol. The molecular weight excluding hydrogens is 298 g/mol. The van der Waals surface area contributed by atoms with E-state index in [1.807, 2.05) is 18.6 Å². The van der Waals surface area contributed by atoms with Crippen molar-refractivity contribution in [3.8, 4) is 5.75 Å². The molecule has 3 N–H and O–H groups in total. The Labute approximate surface area is 123 Å². The molecule has 0 bridgehead atoms. The van der Waals surface area contributed by atoms with Crippen LogP contribution in [-0.4, -0.2) is 43.4 Å². The highest BCUT2D eigenvalue weighted by Crippen LogP contribution is 2.22. The number of carboxylic acids is 1. The van der Waals surface area contributed by atoms with Gasteiger partial charge in [-0.2, -0.15) is 4.72 Å². The summed E-state index contributed by atoms with van der Waals surface area (Å²) in [5, 5.41) is 17.7. The highest BCUT2D eigenvalue weighted by molar-refractivity contribution is 7.89. The van der Waals surface area contributed by atoms with E-state index in [0.717, 1.165) is 0 Å². The van der Waals surface area contributed by atoms with Crippen LogP contribution in [0.1, 0.15) is 19.4 Å². The maximum atomic E-state index is 12.1. The van der Waals surface area contributed by atoms with Gasteiger partial charge in [0.1, 0.15) is 11.8 Å². The van der Waals surface area contributed by atoms with Gasteiger partial charge in [0.2, 0.25) is 10.0 Å². The first-order valence-electron chi connectivity index (χ1n) is 6.30. The highest BCUT2D eigenvalue weighted by atomic mass is 32.2. The summed E-state index contributed by atoms with van der Waals surface area (Å²) >= 11 is 0. The first kappa shape index (κ1) is 17.4. The number of aliphatic carboxylic acids is 1. The van der Waals surface area contributed by atoms with Crippen LogP contribution < -0.4 is 9.46 Å². The molecule has 1 aromatic carbocycles. The maximum Gasteiger partial charge on any atom is 0.324 e. The van der Waals surface area contributed by atoms with Crippen molar-refractivity contribution in [1.82, 2.24) is 4.72 Å². The lowest BCUT2D eigenvalue weighted by Gasteiger charge is -2.15. The average molecular weight is 317 g/mol. The number of sulfonamides is 1. The van der Waals surface area contributed by atoms with Crippen molar-refractivity contribution in [1.29, 1.82) is 0 Å². The van der Waals surface area contributed by atoms with Gasteiger partial charge in [-0.05, 0) is 44.5 Å². The minimum Gasteiger partial charge on any atom is -0.491 e. The molecule has 1 unspecified atom stereocenters. The van der Waals surface area contributed by atoms with E-state index in [-0.39, 0.29) is 11.0 Å². The zero-order valence-electron chi connectivity index (χ0n) is 12.0. The Morgan fingerprint density at radius 2 is 2.00 bits per heavy atom. The molecular formula is C13H19NO6S. The first-order chi connectivity index (χ1) is 9.67. The van der Waals surface area contributed by atoms with Crippen molar-refractivity contribution < 1.29 is 28.2 Å². The quantitative estimate of drug-likeness (QED) is 0.675. The first-order valence-corrected chi connectivity index (χ1v) is 7.79. The lowest BCUT2D eigenvalue weighted by atomic mass is 10.2. The number of hydrogen-bond acceptors (Lipinski definition) is 5. The van der Waals surface area contributed by atoms with Gasteiger partial charge in [0.25, 0.3) is 0 Å². The Kier molecular flexibility index (Phi) is 5.70. The summed E-state index contributed by atoms with van der Waals surface area (Å²) in [5.74, 6) is -0.890. The molecule has 0 heterocycles. The number of benzene rings is 1. The zero-order valence-corrected chi connectivity index (χ0v) is 12.8. The normalized spacial score (nSPS) is 13.2. The number of carboxylic acid groups (broad SMARTS) is 1. The van der Waals surface area contributed by atoms with Crippen LogP contribution in [0, 0.1) is 6.92 Å². The lowest BCUT2D eigenvalue weighted by Crippen LogP contribution is -2.43. The molecule has 0 radical (unpaired) electrons. The second kappa shape index (κ2) is 6.88. The number of ether oxygens (including phenoxy) is 1. The molecule has 0 amide bonds. The topological polar surface area (TPSA) is 113 Å². The van der Waals surface area contributed by atoms with Gasteiger partial charge in [-0.25, -0.2) is 8.42 Å². The van der Waals surface area contributed by atoms with Crippen LogP contribution in [0.4, 0.5) is 0 Å². The van der Waals surface area contributed by atoms with Gasteiger partial charge in [-0.1, -0.05) is 0 Å². The van der Waals surface area contributed by atoms with Gasteiger partial charge >= 0.3 is 5.97 Å². The smallest absolute Gasteiger partial charge is 0.324 e. The molecule has 0 aliphatic heterocycles. The zero-order chi connectivity index (χ0) is 16.2. The molecule has 0 spiro atoms. The van der Waals surface area contributed by atoms with Crippen LogP contribution in [0.3, 0.4) is 0 Å². The van der Waals surface area contributed by atoms with Gasteiger partial charge < -0.3 is 14.9 Å². The molecule has 8 heteroatoms. The molecule has 0 aliphatic carbocycles. The monoisotopic (exact) mass is 317 g/mol. The van der Waals surface area contributed by atoms with E-state index in [1.54, 1.807) is 6.92 Å². The second-order valence-corrected chi connectivity index (χ2v) is 6.50. The van der Waals surface area contributed by atoms with Crippen LogP contribution in [0.25, 0.3) is 0 Å². The van der Waals surface area contributed by atoms with Crippen LogP contribution >= 0.6 is 0 Å². The molecule has 0 fully saturated rings. The van der Waals surface area contributed by atoms with Crippen molar-refractivity contribution in [2.45, 2.75) is 37.8 Å². The molecule has 0 saturated heterocycles. The summed E-state index contributed by atoms with van der Waals surface area (Å²) in [4.78, 5) is 10.7. The van der Waals surface area contributed by atoms with E-state index in [9.17, 15) is 13.2 Å². The second-order valence-electron chi connectivity index (χ2n) is 4.79. The summed E-state index contributed by atoms with van der Waals surface area (Å²) in [6, 6.07) is 2.64. The van der Waals surface area contributed by atoms with E-state index in [1.165, 1.54) is 18.2 Å². The number of hydrogen-bond donors (Lipinski definition) is 3. The van der Waals surface area contributed by atoms with E-state index in [0.29, 0.717) is 11.3 Å². The summed E-state index contributed by atoms with van der Waals surface area (Å²) in [6.45, 7) is 4.56. The van der Waals surface area contributed by atoms with Gasteiger partial charge in [-0.3, -0.25) is 4.79 Å². The number of aliphatic hydroxyl groups excluding tert-OH is 1. The van der Waals surface area contributed by atoms with Crippen molar-refractivity contribution in [3.05, 3.63) is 23.8 Å². The number of aryl methyl sites for hydroxylation is 1. The summed E-state index contributed by atoms with van der Waals surface area (Å²) in [6.07, 6.45) is -0.0462. The Balaban J connectivity index is 3.04. The van der Waals surface area contributed by atoms with Crippen molar-refractivity contribution in [2.24, 2.45) is 0 Å². The van der Waals surface area contributed by atoms with Gasteiger partial charge in [-0.15, -0.1) is 0 Å². The lowest BCUT2D eigenvalue weighted by molar-refractivity contribution is -0.139. The third-order valence-corrected chi connectivity index (χ3v) is 4.07. The fourth-order valence-corrected chi connectivity index (χ4v) is 2.86. The SMILES string of the molecule is Cc1cc(S(=O)(=O)NC(CO)C(=O)O)ccc1OC(C)C. The van der Waals surface area contributed by atoms with Crippen LogP contribution in [0.5, 0.6) is 5.75 Å². The molecule has 21 heavy (non-hydrogen) atoms. The van der Waals surface area contributed by atoms with Gasteiger partial charge in [0, 0.05) is 0 Å². The number of aliphatic hydroxyl groups is 1. The van der Waals surface area contributed by atoms with Crippen molar-refractivity contribution in [3.63, 3.8) is 0 Å². The van der Waals surface area contributed by atoms with E-state index in [4.69, 9.17) is 14.9 Å². The molecule has 1 rings (SSSR count). The third-order valence-electron chi connectivity index (χ3n) is 2.60. The van der Waals surface area contributed by atoms with Crippen LogP contribution in [0.15, 0.2) is 23.1 Å². The van der Waals surface area contributed by atoms with Crippen LogP contribution in [0.2, 0.25) is 0 Å². The fourth-order valence-electron chi connectivity index (χ4n) is 1.60. The molecule has 118 valence electrons. The molecule has 0 aliphatic rings. The van der Waals surface area contributed by atoms with Gasteiger partial charge in [0.05, 0.1) is 17.6 Å². The van der Waals surface area contributed by atoms with Crippen molar-refractivity contribution in [2.75, 3.05) is 6.61 Å². The maximum absolute atomic E-state index is 12.1. The molecule has 1 aromatic rings. The minimum absolute atomic E-state index is 0.0462. The number of carbonyl (C=O) groups is 1. The summed E-state index contributed by atoms with van der Waals surface area (Å²) in [5.41, 5.74) is 0.613. The highest BCUT2D eigenvalue weighted by Gasteiger charge is 2.25. The predicted octanol–water partition coefficient (Wildman–Crippen LogP) is 0.506. The molecule has 7 nitrogen and oxygen atoms in total. The van der Waals surface area contributed by atoms with E-state index in [2.05, 4.69) is 0 Å². The largest absolute Gasteiger partial charge is 0.491 e. The van der Waals surface area contributed by atoms with Crippen molar-refractivity contribution >= 4 is 16.0 Å². The van der Waals surface area contributed by atoms with Gasteiger partial charge in [0.15, 0.2) is 0 Å². The Morgan fingerprint density at radius 1 is 1.38 bits per heavy atom. The average Bonchev–Trinajstić information content (AvgIpc) is 2.37. The molecule has 0 aromatic heterocycles. The summed E-state index contributed by atoms with van der Waals surface area (Å²) in [7, 11) is -4.03. The number of rotatable bonds is 7. The molecule has 1 atom stereocenters. The Bertz CT molecular complexity index is 611. The van der Waals surface area contributed by atoms with E-state index < -0.39 is 28.6 Å². The number of nitrogens with one attached hydrogen (secondary N) is 1. The van der Waals surface area contributed by atoms with Crippen LogP contribution in [-0.2, 0) is 14.8 Å². The Hall–Kier alpha value is -1.64. The summed E-state index contributed by atoms with van der Waals surface area (Å²) < 4.78 is 31.6. The van der Waals surface area contributed by atoms with E-state index >= 15 is 0 Å².